The highest BCUT2D eigenvalue weighted by Crippen LogP contribution is 2.36. The van der Waals surface area contributed by atoms with Crippen molar-refractivity contribution in [2.45, 2.75) is 18.4 Å². The van der Waals surface area contributed by atoms with Gasteiger partial charge in [-0.2, -0.15) is 0 Å². The largest absolute Gasteiger partial charge is 0.392 e. The lowest BCUT2D eigenvalue weighted by atomic mass is 9.91. The van der Waals surface area contributed by atoms with Gasteiger partial charge >= 0.3 is 0 Å². The molecule has 3 aromatic carbocycles. The van der Waals surface area contributed by atoms with Gasteiger partial charge < -0.3 is 5.11 Å². The van der Waals surface area contributed by atoms with Crippen molar-refractivity contribution < 1.29 is 13.5 Å². The number of hydrogen-bond donors (Lipinski definition) is 1. The lowest BCUT2D eigenvalue weighted by molar-refractivity contribution is 0.0812. The molecule has 1 fully saturated rings. The first-order chi connectivity index (χ1) is 15.3. The van der Waals surface area contributed by atoms with Crippen molar-refractivity contribution in [2.24, 2.45) is 5.92 Å². The summed E-state index contributed by atoms with van der Waals surface area (Å²) in [4.78, 5) is 2.29. The third-order valence-electron chi connectivity index (χ3n) is 5.77. The van der Waals surface area contributed by atoms with Crippen molar-refractivity contribution in [3.8, 4) is 0 Å². The van der Waals surface area contributed by atoms with Crippen LogP contribution in [0.3, 0.4) is 0 Å². The van der Waals surface area contributed by atoms with Gasteiger partial charge in [0.05, 0.1) is 24.2 Å². The second-order valence-corrected chi connectivity index (χ2v) is 11.3. The summed E-state index contributed by atoms with van der Waals surface area (Å²) in [5.74, 6) is 0.235. The fourth-order valence-electron chi connectivity index (χ4n) is 4.32. The molecule has 0 aliphatic carbocycles. The molecule has 32 heavy (non-hydrogen) atoms. The highest BCUT2D eigenvalue weighted by molar-refractivity contribution is 7.90. The van der Waals surface area contributed by atoms with E-state index in [1.165, 1.54) is 0 Å². The lowest BCUT2D eigenvalue weighted by Gasteiger charge is -2.44. The quantitative estimate of drug-likeness (QED) is 0.476. The number of sulfone groups is 1. The molecule has 3 aromatic rings. The van der Waals surface area contributed by atoms with Crippen molar-refractivity contribution in [1.29, 1.82) is 0 Å². The van der Waals surface area contributed by atoms with Gasteiger partial charge in [0, 0.05) is 23.1 Å². The zero-order chi connectivity index (χ0) is 22.7. The summed E-state index contributed by atoms with van der Waals surface area (Å²) in [6, 6.07) is 22.7. The van der Waals surface area contributed by atoms with E-state index in [0.29, 0.717) is 28.7 Å². The van der Waals surface area contributed by atoms with Crippen molar-refractivity contribution >= 4 is 33.0 Å². The van der Waals surface area contributed by atoms with Crippen molar-refractivity contribution in [1.82, 2.24) is 4.90 Å². The molecule has 0 atom stereocenters. The molecule has 7 heteroatoms. The van der Waals surface area contributed by atoms with E-state index in [9.17, 15) is 13.5 Å². The van der Waals surface area contributed by atoms with Gasteiger partial charge in [-0.05, 0) is 52.4 Å². The molecule has 4 nitrogen and oxygen atoms in total. The van der Waals surface area contributed by atoms with Crippen LogP contribution in [0.1, 0.15) is 28.3 Å². The first-order valence-corrected chi connectivity index (χ1v) is 13.0. The molecule has 1 saturated heterocycles. The average Bonchev–Trinajstić information content (AvgIpc) is 2.74. The second kappa shape index (κ2) is 9.94. The summed E-state index contributed by atoms with van der Waals surface area (Å²) < 4.78 is 25.6. The molecular weight excluding hydrogens is 465 g/mol. The highest BCUT2D eigenvalue weighted by Gasteiger charge is 2.36. The number of rotatable bonds is 8. The van der Waals surface area contributed by atoms with Crippen LogP contribution >= 0.6 is 23.2 Å². The highest BCUT2D eigenvalue weighted by atomic mass is 35.5. The fraction of sp³-hybridized carbons (Fsp3) is 0.280. The topological polar surface area (TPSA) is 57.6 Å². The van der Waals surface area contributed by atoms with Crippen LogP contribution < -0.4 is 0 Å². The molecule has 0 amide bonds. The molecule has 1 N–H and O–H groups in total. The number of nitrogens with zero attached hydrogens (tertiary/aromatic N) is 1. The standard InChI is InChI=1S/C25H25Cl2NO3S/c26-23-8-4-21(5-9-23)25(22-6-10-24(27)11-7-22)28-13-20(14-28)17-32(30,31)16-19-3-1-2-18(12-19)15-29/h1-12,20,25,29H,13-17H2. The Morgan fingerprint density at radius 1 is 0.875 bits per heavy atom. The van der Waals surface area contributed by atoms with E-state index in [1.807, 2.05) is 48.5 Å². The molecule has 1 aliphatic rings. The van der Waals surface area contributed by atoms with E-state index in [2.05, 4.69) is 4.90 Å². The Kier molecular flexibility index (Phi) is 7.23. The summed E-state index contributed by atoms with van der Waals surface area (Å²) in [5, 5.41) is 10.6. The van der Waals surface area contributed by atoms with Gasteiger partial charge in [-0.25, -0.2) is 8.42 Å². The summed E-state index contributed by atoms with van der Waals surface area (Å²) >= 11 is 12.2. The zero-order valence-electron chi connectivity index (χ0n) is 17.5. The van der Waals surface area contributed by atoms with Gasteiger partial charge in [-0.15, -0.1) is 0 Å². The summed E-state index contributed by atoms with van der Waals surface area (Å²) in [5.41, 5.74) is 3.66. The van der Waals surface area contributed by atoms with Crippen LogP contribution in [0.15, 0.2) is 72.8 Å². The summed E-state index contributed by atoms with van der Waals surface area (Å²) in [7, 11) is -3.25. The molecule has 0 bridgehead atoms. The van der Waals surface area contributed by atoms with Crippen LogP contribution in [-0.2, 0) is 22.2 Å². The van der Waals surface area contributed by atoms with E-state index in [0.717, 1.165) is 16.7 Å². The Hall–Kier alpha value is -1.89. The van der Waals surface area contributed by atoms with Crippen LogP contribution in [0.5, 0.6) is 0 Å². The predicted molar refractivity (Wildman–Crippen MR) is 130 cm³/mol. The average molecular weight is 490 g/mol. The molecule has 1 aliphatic heterocycles. The van der Waals surface area contributed by atoms with Crippen LogP contribution in [-0.4, -0.2) is 37.3 Å². The van der Waals surface area contributed by atoms with E-state index >= 15 is 0 Å². The molecule has 0 unspecified atom stereocenters. The lowest BCUT2D eigenvalue weighted by Crippen LogP contribution is -2.51. The van der Waals surface area contributed by atoms with Crippen molar-refractivity contribution in [3.63, 3.8) is 0 Å². The Morgan fingerprint density at radius 3 is 1.94 bits per heavy atom. The molecule has 168 valence electrons. The molecular formula is C25H25Cl2NO3S. The number of aliphatic hydroxyl groups is 1. The number of benzene rings is 3. The first kappa shape index (κ1) is 23.3. The number of hydrogen-bond acceptors (Lipinski definition) is 4. The number of halogens is 2. The van der Waals surface area contributed by atoms with E-state index in [1.54, 1.807) is 24.3 Å². The number of aliphatic hydroxyl groups excluding tert-OH is 1. The normalized spacial score (nSPS) is 15.1. The maximum Gasteiger partial charge on any atom is 0.154 e. The Labute approximate surface area is 199 Å². The predicted octanol–water partition coefficient (Wildman–Crippen LogP) is 5.12. The second-order valence-electron chi connectivity index (χ2n) is 8.36. The minimum absolute atomic E-state index is 0.00482. The Balaban J connectivity index is 1.45. The van der Waals surface area contributed by atoms with Crippen LogP contribution in [0.2, 0.25) is 10.0 Å². The van der Waals surface area contributed by atoms with Crippen molar-refractivity contribution in [2.75, 3.05) is 18.8 Å². The van der Waals surface area contributed by atoms with Gasteiger partial charge in [-0.1, -0.05) is 71.7 Å². The van der Waals surface area contributed by atoms with Gasteiger partial charge in [-0.3, -0.25) is 4.90 Å². The zero-order valence-corrected chi connectivity index (χ0v) is 19.8. The molecule has 0 aromatic heterocycles. The first-order valence-electron chi connectivity index (χ1n) is 10.5. The SMILES string of the molecule is O=S(=O)(Cc1cccc(CO)c1)CC1CN(C(c2ccc(Cl)cc2)c2ccc(Cl)cc2)C1. The van der Waals surface area contributed by atoms with Crippen LogP contribution in [0.4, 0.5) is 0 Å². The van der Waals surface area contributed by atoms with Crippen LogP contribution in [0, 0.1) is 5.92 Å². The maximum atomic E-state index is 12.8. The fourth-order valence-corrected chi connectivity index (χ4v) is 6.31. The van der Waals surface area contributed by atoms with Crippen molar-refractivity contribution in [3.05, 3.63) is 105 Å². The monoisotopic (exact) mass is 489 g/mol. The molecule has 0 saturated carbocycles. The minimum Gasteiger partial charge on any atom is -0.392 e. The third kappa shape index (κ3) is 5.72. The smallest absolute Gasteiger partial charge is 0.154 e. The summed E-state index contributed by atoms with van der Waals surface area (Å²) in [6.45, 7) is 1.31. The van der Waals surface area contributed by atoms with Gasteiger partial charge in [0.15, 0.2) is 9.84 Å². The van der Waals surface area contributed by atoms with Gasteiger partial charge in [0.2, 0.25) is 0 Å². The Morgan fingerprint density at radius 2 is 1.41 bits per heavy atom. The molecule has 0 spiro atoms. The molecule has 1 heterocycles. The number of likely N-dealkylation sites (tertiary alicyclic amines) is 1. The Bertz CT molecular complexity index is 1110. The van der Waals surface area contributed by atoms with E-state index in [4.69, 9.17) is 23.2 Å². The van der Waals surface area contributed by atoms with E-state index in [-0.39, 0.29) is 30.1 Å². The van der Waals surface area contributed by atoms with E-state index < -0.39 is 9.84 Å². The molecule has 4 rings (SSSR count). The van der Waals surface area contributed by atoms with Gasteiger partial charge in [0.25, 0.3) is 0 Å². The van der Waals surface area contributed by atoms with Crippen LogP contribution in [0.25, 0.3) is 0 Å². The maximum absolute atomic E-state index is 12.8. The third-order valence-corrected chi connectivity index (χ3v) is 8.03. The minimum atomic E-state index is -3.25. The summed E-state index contributed by atoms with van der Waals surface area (Å²) in [6.07, 6.45) is 0. The van der Waals surface area contributed by atoms with Gasteiger partial charge in [0.1, 0.15) is 0 Å². The molecule has 0 radical (unpaired) electrons.